The Labute approximate surface area is 184 Å². The second kappa shape index (κ2) is 8.87. The number of alkyl halides is 3. The fourth-order valence-corrected chi connectivity index (χ4v) is 3.53. The van der Waals surface area contributed by atoms with E-state index in [-0.39, 0.29) is 22.5 Å². The van der Waals surface area contributed by atoms with Crippen molar-refractivity contribution < 1.29 is 27.4 Å². The highest BCUT2D eigenvalue weighted by Crippen LogP contribution is 2.35. The maximum Gasteiger partial charge on any atom is 0.441 e. The van der Waals surface area contributed by atoms with Crippen LogP contribution in [0.5, 0.6) is 11.5 Å². The quantitative estimate of drug-likeness (QED) is 0.512. The third-order valence-electron chi connectivity index (χ3n) is 4.25. The lowest BCUT2D eigenvalue weighted by molar-refractivity contribution is -0.114. The first-order valence-corrected chi connectivity index (χ1v) is 10.1. The number of nitrogens with one attached hydrogen (secondary N) is 1. The number of ether oxygens (including phenoxy) is 2. The van der Waals surface area contributed by atoms with Crippen LogP contribution in [0.25, 0.3) is 6.08 Å². The molecule has 4 rings (SSSR count). The van der Waals surface area contributed by atoms with Crippen LogP contribution in [0.15, 0.2) is 70.3 Å². The molecule has 0 saturated carbocycles. The van der Waals surface area contributed by atoms with Crippen molar-refractivity contribution in [3.8, 4) is 11.5 Å². The van der Waals surface area contributed by atoms with E-state index >= 15 is 0 Å². The van der Waals surface area contributed by atoms with Gasteiger partial charge in [-0.15, -0.1) is 0 Å². The van der Waals surface area contributed by atoms with Gasteiger partial charge < -0.3 is 9.47 Å². The summed E-state index contributed by atoms with van der Waals surface area (Å²) in [6, 6.07) is 16.0. The molecule has 0 bridgehead atoms. The molecule has 0 radical (unpaired) electrons. The minimum Gasteiger partial charge on any atom is -0.490 e. The van der Waals surface area contributed by atoms with E-state index < -0.39 is 23.0 Å². The first-order valence-electron chi connectivity index (χ1n) is 9.29. The summed E-state index contributed by atoms with van der Waals surface area (Å²) in [7, 11) is 0. The predicted molar refractivity (Wildman–Crippen MR) is 115 cm³/mol. The van der Waals surface area contributed by atoms with Gasteiger partial charge in [0.15, 0.2) is 5.84 Å². The van der Waals surface area contributed by atoms with Crippen LogP contribution in [-0.4, -0.2) is 46.4 Å². The van der Waals surface area contributed by atoms with E-state index in [1.807, 2.05) is 30.3 Å². The highest BCUT2D eigenvalue weighted by molar-refractivity contribution is 8.27. The maximum absolute atomic E-state index is 12.9. The monoisotopic (exact) mass is 460 g/mol. The van der Waals surface area contributed by atoms with Gasteiger partial charge in [-0.05, 0) is 47.7 Å². The van der Waals surface area contributed by atoms with Crippen LogP contribution in [-0.2, 0) is 4.79 Å². The van der Waals surface area contributed by atoms with E-state index in [1.54, 1.807) is 24.3 Å². The highest BCUT2D eigenvalue weighted by Gasteiger charge is 2.46. The summed E-state index contributed by atoms with van der Waals surface area (Å²) >= 11 is 0.213. The number of rotatable bonds is 6. The Hall–Kier alpha value is -3.60. The van der Waals surface area contributed by atoms with Crippen LogP contribution >= 0.6 is 11.8 Å². The lowest BCUT2D eigenvalue weighted by Gasteiger charge is -2.20. The minimum absolute atomic E-state index is 0.161. The van der Waals surface area contributed by atoms with Gasteiger partial charge in [0, 0.05) is 0 Å². The third kappa shape index (κ3) is 4.83. The van der Waals surface area contributed by atoms with Crippen molar-refractivity contribution in [2.45, 2.75) is 6.18 Å². The van der Waals surface area contributed by atoms with Crippen molar-refractivity contribution >= 4 is 39.8 Å². The number of amides is 1. The number of fused-ring (bicyclic) bond motifs is 1. The van der Waals surface area contributed by atoms with Crippen LogP contribution < -0.4 is 9.47 Å². The molecule has 7 nitrogen and oxygen atoms in total. The maximum atomic E-state index is 12.9. The van der Waals surface area contributed by atoms with E-state index in [1.165, 1.54) is 6.08 Å². The molecule has 0 aliphatic carbocycles. The molecular weight excluding hydrogens is 445 g/mol. The van der Waals surface area contributed by atoms with Gasteiger partial charge in [0.25, 0.3) is 5.91 Å². The average molecular weight is 460 g/mol. The number of hydrogen-bond donors (Lipinski definition) is 1. The molecule has 2 aliphatic rings. The number of hydrazone groups is 1. The standard InChI is InChI=1S/C21H15F3N4O3S/c22-21(23,24)19-27-28-17(25)16(18(29)26-20(28)32-19)12-13-6-8-15(9-7-13)31-11-10-30-14-4-2-1-3-5-14/h1-9,12,25H,10-11H2/b16-12+,25-17?. The molecule has 32 heavy (non-hydrogen) atoms. The summed E-state index contributed by atoms with van der Waals surface area (Å²) in [4.78, 5) is 15.9. The molecule has 0 spiro atoms. The van der Waals surface area contributed by atoms with Crippen molar-refractivity contribution in [3.63, 3.8) is 0 Å². The molecule has 0 fully saturated rings. The molecule has 2 aliphatic heterocycles. The first-order chi connectivity index (χ1) is 15.3. The van der Waals surface area contributed by atoms with Gasteiger partial charge in [-0.3, -0.25) is 10.2 Å². The zero-order chi connectivity index (χ0) is 22.7. The van der Waals surface area contributed by atoms with Gasteiger partial charge in [0.05, 0.1) is 5.57 Å². The Bertz CT molecular complexity index is 1130. The number of thioether (sulfide) groups is 1. The van der Waals surface area contributed by atoms with E-state index in [4.69, 9.17) is 14.9 Å². The van der Waals surface area contributed by atoms with Crippen LogP contribution in [0.1, 0.15) is 5.56 Å². The fraction of sp³-hybridized carbons (Fsp3) is 0.143. The van der Waals surface area contributed by atoms with Crippen molar-refractivity contribution in [3.05, 3.63) is 65.7 Å². The molecule has 0 unspecified atom stereocenters. The Morgan fingerprint density at radius 1 is 1.00 bits per heavy atom. The number of carbonyl (C=O) groups is 1. The number of halogens is 3. The van der Waals surface area contributed by atoms with Crippen LogP contribution in [0.2, 0.25) is 0 Å². The van der Waals surface area contributed by atoms with E-state index in [0.717, 1.165) is 5.75 Å². The van der Waals surface area contributed by atoms with Gasteiger partial charge in [-0.2, -0.15) is 28.3 Å². The average Bonchev–Trinajstić information content (AvgIpc) is 3.21. The van der Waals surface area contributed by atoms with Gasteiger partial charge in [-0.25, -0.2) is 0 Å². The molecule has 0 saturated heterocycles. The lowest BCUT2D eigenvalue weighted by Crippen LogP contribution is -2.35. The van der Waals surface area contributed by atoms with Gasteiger partial charge in [0.1, 0.15) is 24.7 Å². The first kappa shape index (κ1) is 21.6. The number of nitrogens with zero attached hydrogens (tertiary/aromatic N) is 3. The molecular formula is C21H15F3N4O3S. The molecule has 1 amide bonds. The molecule has 2 heterocycles. The molecule has 0 atom stereocenters. The number of carbonyl (C=O) groups excluding carboxylic acids is 1. The fourth-order valence-electron chi connectivity index (χ4n) is 2.77. The summed E-state index contributed by atoms with van der Waals surface area (Å²) in [5, 5.41) is 10.7. The molecule has 0 aromatic heterocycles. The third-order valence-corrected chi connectivity index (χ3v) is 5.21. The van der Waals surface area contributed by atoms with Crippen LogP contribution in [0.4, 0.5) is 13.2 Å². The number of hydrogen-bond acceptors (Lipinski definition) is 6. The zero-order valence-electron chi connectivity index (χ0n) is 16.3. The molecule has 164 valence electrons. The number of para-hydroxylation sites is 1. The van der Waals surface area contributed by atoms with Gasteiger partial charge in [0.2, 0.25) is 10.2 Å². The van der Waals surface area contributed by atoms with Crippen molar-refractivity contribution in [2.75, 3.05) is 13.2 Å². The normalized spacial score (nSPS) is 17.2. The van der Waals surface area contributed by atoms with Gasteiger partial charge in [-0.1, -0.05) is 30.3 Å². The summed E-state index contributed by atoms with van der Waals surface area (Å²) in [5.41, 5.74) is 0.392. The summed E-state index contributed by atoms with van der Waals surface area (Å²) in [5.74, 6) is 0.0482. The number of benzene rings is 2. The Morgan fingerprint density at radius 3 is 2.25 bits per heavy atom. The summed E-state index contributed by atoms with van der Waals surface area (Å²) in [6.07, 6.45) is -3.31. The predicted octanol–water partition coefficient (Wildman–Crippen LogP) is 4.33. The lowest BCUT2D eigenvalue weighted by atomic mass is 10.1. The second-order valence-corrected chi connectivity index (χ2v) is 7.46. The zero-order valence-corrected chi connectivity index (χ0v) is 17.1. The summed E-state index contributed by atoms with van der Waals surface area (Å²) in [6.45, 7) is 0.679. The number of aliphatic imine (C=N–C) groups is 1. The smallest absolute Gasteiger partial charge is 0.441 e. The molecule has 11 heteroatoms. The molecule has 2 aromatic carbocycles. The molecule has 1 N–H and O–H groups in total. The minimum atomic E-state index is -4.68. The molecule has 2 aromatic rings. The Balaban J connectivity index is 1.39. The number of amidine groups is 2. The van der Waals surface area contributed by atoms with Crippen LogP contribution in [0, 0.1) is 5.41 Å². The highest BCUT2D eigenvalue weighted by atomic mass is 32.2. The Morgan fingerprint density at radius 2 is 1.62 bits per heavy atom. The van der Waals surface area contributed by atoms with Gasteiger partial charge >= 0.3 is 6.18 Å². The summed E-state index contributed by atoms with van der Waals surface area (Å²) < 4.78 is 49.8. The van der Waals surface area contributed by atoms with Crippen molar-refractivity contribution in [2.24, 2.45) is 10.1 Å². The van der Waals surface area contributed by atoms with E-state index in [2.05, 4.69) is 10.1 Å². The second-order valence-electron chi connectivity index (χ2n) is 6.50. The van der Waals surface area contributed by atoms with Crippen molar-refractivity contribution in [1.82, 2.24) is 5.01 Å². The topological polar surface area (TPSA) is 87.3 Å². The largest absolute Gasteiger partial charge is 0.490 e. The van der Waals surface area contributed by atoms with E-state index in [0.29, 0.717) is 29.5 Å². The Kier molecular flexibility index (Phi) is 5.99. The van der Waals surface area contributed by atoms with Crippen molar-refractivity contribution in [1.29, 1.82) is 5.41 Å². The van der Waals surface area contributed by atoms with E-state index in [9.17, 15) is 18.0 Å². The SMILES string of the molecule is N=C1/C(=C\c2ccc(OCCOc3ccccc3)cc2)C(=O)N=C2SC(C(F)(F)F)=NN12. The van der Waals surface area contributed by atoms with Crippen LogP contribution in [0.3, 0.4) is 0 Å².